The quantitative estimate of drug-likeness (QED) is 0.687. The summed E-state index contributed by atoms with van der Waals surface area (Å²) in [6.45, 7) is -5.58. The lowest BCUT2D eigenvalue weighted by molar-refractivity contribution is -0.157. The van der Waals surface area contributed by atoms with Crippen molar-refractivity contribution in [2.45, 2.75) is 18.5 Å². The third kappa shape index (κ3) is 2.24. The number of aromatic nitrogens is 1. The molecule has 3 aliphatic heterocycles. The molecule has 6 rings (SSSR count). The molecule has 4 heterocycles. The highest BCUT2D eigenvalue weighted by molar-refractivity contribution is 5.97. The van der Waals surface area contributed by atoms with Crippen LogP contribution in [0.5, 0.6) is 11.5 Å². The summed E-state index contributed by atoms with van der Waals surface area (Å²) in [7, 11) is 0. The zero-order valence-electron chi connectivity index (χ0n) is 20.1. The van der Waals surface area contributed by atoms with Gasteiger partial charge in [-0.25, -0.2) is 0 Å². The number of nitrogens with zero attached hydrogens (tertiary/aromatic N) is 2. The van der Waals surface area contributed by atoms with Crippen LogP contribution < -0.4 is 9.47 Å². The van der Waals surface area contributed by atoms with E-state index in [0.29, 0.717) is 10.5 Å². The first-order valence-corrected chi connectivity index (χ1v) is 9.27. The van der Waals surface area contributed by atoms with Crippen molar-refractivity contribution in [1.82, 2.24) is 14.8 Å². The number of hydrogen-bond acceptors (Lipinski definition) is 4. The molecule has 0 saturated carbocycles. The van der Waals surface area contributed by atoms with Crippen LogP contribution in [-0.4, -0.2) is 52.9 Å². The number of H-pyrrole nitrogens is 1. The zero-order chi connectivity index (χ0) is 24.0. The van der Waals surface area contributed by atoms with Crippen LogP contribution in [0.15, 0.2) is 42.5 Å². The van der Waals surface area contributed by atoms with Gasteiger partial charge >= 0.3 is 0 Å². The SMILES string of the molecule is [2H]C1([2H])Oc2ccc(C3c4[nH]c5ccccc5c4C[C@@H]4C(=O)N(C([2H])([2H])[2H])CC(=O)N34)cc2O1. The van der Waals surface area contributed by atoms with Crippen molar-refractivity contribution in [3.05, 3.63) is 59.3 Å². The Kier molecular flexibility index (Phi) is 2.42. The first kappa shape index (κ1) is 12.2. The van der Waals surface area contributed by atoms with Crippen molar-refractivity contribution < 1.29 is 25.9 Å². The number of fused-ring (bicyclic) bond motifs is 5. The van der Waals surface area contributed by atoms with Gasteiger partial charge in [-0.3, -0.25) is 9.59 Å². The molecular formula is C22H19N3O4. The summed E-state index contributed by atoms with van der Waals surface area (Å²) in [5.41, 5.74) is 2.98. The van der Waals surface area contributed by atoms with Gasteiger partial charge in [0.25, 0.3) is 0 Å². The van der Waals surface area contributed by atoms with E-state index in [1.165, 1.54) is 4.90 Å². The highest BCUT2D eigenvalue weighted by Gasteiger charge is 2.47. The van der Waals surface area contributed by atoms with Gasteiger partial charge in [0.05, 0.1) is 12.6 Å². The fraction of sp³-hybridized carbons (Fsp3) is 0.273. The lowest BCUT2D eigenvalue weighted by Crippen LogP contribution is -2.62. The standard InChI is InChI=1S/C22H19N3O4/c1-24-10-19(26)25-16(22(24)27)9-14-13-4-2-3-5-15(13)23-20(14)21(25)12-6-7-17-18(8-12)29-11-28-17/h2-8,16,21,23H,9-11H2,1H3/t16-,21?/m1/s1/i1D3,11D2. The minimum atomic E-state index is -2.72. The van der Waals surface area contributed by atoms with Gasteiger partial charge in [0, 0.05) is 34.1 Å². The monoisotopic (exact) mass is 394 g/mol. The Bertz CT molecular complexity index is 1370. The number of hydrogen-bond donors (Lipinski definition) is 1. The number of nitrogens with one attached hydrogen (secondary N) is 1. The van der Waals surface area contributed by atoms with E-state index in [4.69, 9.17) is 16.3 Å². The van der Waals surface area contributed by atoms with E-state index < -0.39 is 44.2 Å². The van der Waals surface area contributed by atoms with Gasteiger partial charge in [0.2, 0.25) is 18.6 Å². The van der Waals surface area contributed by atoms with Gasteiger partial charge in [0.15, 0.2) is 11.5 Å². The predicted octanol–water partition coefficient (Wildman–Crippen LogP) is 2.21. The topological polar surface area (TPSA) is 74.9 Å². The summed E-state index contributed by atoms with van der Waals surface area (Å²) >= 11 is 0. The van der Waals surface area contributed by atoms with E-state index in [1.807, 2.05) is 24.3 Å². The fourth-order valence-corrected chi connectivity index (χ4v) is 4.58. The van der Waals surface area contributed by atoms with Gasteiger partial charge in [-0.2, -0.15) is 0 Å². The van der Waals surface area contributed by atoms with Gasteiger partial charge in [-0.15, -0.1) is 0 Å². The maximum Gasteiger partial charge on any atom is 0.245 e. The van der Waals surface area contributed by atoms with Crippen molar-refractivity contribution in [3.8, 4) is 11.5 Å². The molecule has 146 valence electrons. The summed E-state index contributed by atoms with van der Waals surface area (Å²) in [5.74, 6) is -0.699. The number of aromatic amines is 1. The molecule has 7 nitrogen and oxygen atoms in total. The van der Waals surface area contributed by atoms with Crippen LogP contribution in [0, 0.1) is 0 Å². The van der Waals surface area contributed by atoms with Crippen LogP contribution in [-0.2, 0) is 16.0 Å². The highest BCUT2D eigenvalue weighted by Crippen LogP contribution is 2.44. The molecule has 3 aliphatic rings. The molecule has 0 spiro atoms. The average molecular weight is 394 g/mol. The molecule has 1 N–H and O–H groups in total. The minimum Gasteiger partial charge on any atom is -0.454 e. The van der Waals surface area contributed by atoms with E-state index in [-0.39, 0.29) is 17.9 Å². The lowest BCUT2D eigenvalue weighted by Gasteiger charge is -2.46. The van der Waals surface area contributed by atoms with Crippen molar-refractivity contribution in [3.63, 3.8) is 0 Å². The Morgan fingerprint density at radius 2 is 2.03 bits per heavy atom. The maximum atomic E-state index is 13.3. The Hall–Kier alpha value is -3.48. The molecule has 1 unspecified atom stereocenters. The highest BCUT2D eigenvalue weighted by atomic mass is 16.7. The second-order valence-electron chi connectivity index (χ2n) is 7.40. The number of carbonyl (C=O) groups is 2. The Morgan fingerprint density at radius 1 is 1.17 bits per heavy atom. The van der Waals surface area contributed by atoms with Crippen LogP contribution in [0.3, 0.4) is 0 Å². The van der Waals surface area contributed by atoms with E-state index >= 15 is 0 Å². The average Bonchev–Trinajstić information content (AvgIpc) is 3.28. The van der Waals surface area contributed by atoms with Crippen molar-refractivity contribution >= 4 is 22.7 Å². The smallest absolute Gasteiger partial charge is 0.245 e. The normalized spacial score (nSPS) is 27.5. The van der Waals surface area contributed by atoms with Gasteiger partial charge in [-0.1, -0.05) is 24.3 Å². The second-order valence-corrected chi connectivity index (χ2v) is 7.40. The van der Waals surface area contributed by atoms with E-state index in [2.05, 4.69) is 4.98 Å². The summed E-state index contributed by atoms with van der Waals surface area (Å²) in [6.07, 6.45) is 0.181. The van der Waals surface area contributed by atoms with Crippen molar-refractivity contribution in [2.75, 3.05) is 20.3 Å². The maximum absolute atomic E-state index is 13.3. The molecule has 2 amide bonds. The number of benzene rings is 2. The number of para-hydroxylation sites is 1. The molecular weight excluding hydrogens is 370 g/mol. The van der Waals surface area contributed by atoms with Gasteiger partial charge < -0.3 is 24.3 Å². The molecule has 0 bridgehead atoms. The third-order valence-electron chi connectivity index (χ3n) is 5.85. The molecule has 29 heavy (non-hydrogen) atoms. The van der Waals surface area contributed by atoms with E-state index in [0.717, 1.165) is 22.2 Å². The predicted molar refractivity (Wildman–Crippen MR) is 105 cm³/mol. The summed E-state index contributed by atoms with van der Waals surface area (Å²) in [4.78, 5) is 32.2. The number of amides is 2. The lowest BCUT2D eigenvalue weighted by atomic mass is 9.86. The number of carbonyl (C=O) groups excluding carboxylic acids is 2. The molecule has 2 aromatic carbocycles. The molecule has 0 radical (unpaired) electrons. The van der Waals surface area contributed by atoms with Gasteiger partial charge in [-0.05, 0) is 29.3 Å². The van der Waals surface area contributed by atoms with Gasteiger partial charge in [0.1, 0.15) is 8.78 Å². The molecule has 1 aromatic heterocycles. The number of rotatable bonds is 1. The zero-order valence-corrected chi connectivity index (χ0v) is 15.1. The number of ether oxygens (including phenoxy) is 2. The molecule has 7 heteroatoms. The molecule has 2 atom stereocenters. The molecule has 0 aliphatic carbocycles. The van der Waals surface area contributed by atoms with Crippen LogP contribution in [0.1, 0.15) is 29.7 Å². The summed E-state index contributed by atoms with van der Waals surface area (Å²) in [6, 6.07) is 10.7. The summed E-state index contributed by atoms with van der Waals surface area (Å²) in [5, 5.41) is 0.894. The number of likely N-dealkylation sites (N-methyl/N-ethyl adjacent to an activating group) is 1. The van der Waals surface area contributed by atoms with E-state index in [9.17, 15) is 9.59 Å². The first-order valence-electron chi connectivity index (χ1n) is 11.8. The molecule has 1 fully saturated rings. The van der Waals surface area contributed by atoms with Crippen LogP contribution in [0.4, 0.5) is 0 Å². The van der Waals surface area contributed by atoms with Crippen molar-refractivity contribution in [1.29, 1.82) is 0 Å². The second kappa shape index (κ2) is 5.76. The van der Waals surface area contributed by atoms with Crippen LogP contribution in [0.2, 0.25) is 0 Å². The number of piperazine rings is 1. The minimum absolute atomic E-state index is 0.181. The first-order chi connectivity index (χ1) is 16.0. The molecule has 1 saturated heterocycles. The Morgan fingerprint density at radius 3 is 2.93 bits per heavy atom. The van der Waals surface area contributed by atoms with Crippen LogP contribution in [0.25, 0.3) is 10.9 Å². The fourth-order valence-electron chi connectivity index (χ4n) is 4.58. The summed E-state index contributed by atoms with van der Waals surface area (Å²) < 4.78 is 49.0. The van der Waals surface area contributed by atoms with Crippen LogP contribution >= 0.6 is 0 Å². The van der Waals surface area contributed by atoms with E-state index in [1.54, 1.807) is 18.2 Å². The Labute approximate surface area is 173 Å². The largest absolute Gasteiger partial charge is 0.454 e. The molecule has 3 aromatic rings. The van der Waals surface area contributed by atoms with Crippen molar-refractivity contribution in [2.24, 2.45) is 0 Å². The Balaban J connectivity index is 1.53. The third-order valence-corrected chi connectivity index (χ3v) is 5.85.